The second kappa shape index (κ2) is 4.76. The van der Waals surface area contributed by atoms with E-state index in [9.17, 15) is 4.79 Å². The molecular weight excluding hydrogens is 274 g/mol. The SMILES string of the molecule is O=C(c1ccc2c(c1)OCO2)N1CCC(c2ncon2)C1. The highest BCUT2D eigenvalue weighted by Gasteiger charge is 2.31. The molecule has 0 bridgehead atoms. The molecule has 1 aromatic carbocycles. The fourth-order valence-electron chi connectivity index (χ4n) is 2.73. The molecule has 3 heterocycles. The van der Waals surface area contributed by atoms with Crippen molar-refractivity contribution < 1.29 is 18.8 Å². The number of likely N-dealkylation sites (tertiary alicyclic amines) is 1. The lowest BCUT2D eigenvalue weighted by atomic mass is 10.1. The third-order valence-corrected chi connectivity index (χ3v) is 3.84. The Labute approximate surface area is 120 Å². The Hall–Kier alpha value is -2.57. The van der Waals surface area contributed by atoms with Crippen molar-refractivity contribution in [2.45, 2.75) is 12.3 Å². The second-order valence-corrected chi connectivity index (χ2v) is 5.09. The van der Waals surface area contributed by atoms with E-state index < -0.39 is 0 Å². The minimum Gasteiger partial charge on any atom is -0.454 e. The zero-order valence-electron chi connectivity index (χ0n) is 11.2. The Morgan fingerprint density at radius 1 is 1.29 bits per heavy atom. The molecule has 2 aliphatic rings. The Balaban J connectivity index is 1.51. The zero-order chi connectivity index (χ0) is 14.2. The highest BCUT2D eigenvalue weighted by atomic mass is 16.7. The first-order valence-corrected chi connectivity index (χ1v) is 6.76. The molecule has 0 N–H and O–H groups in total. The largest absolute Gasteiger partial charge is 0.454 e. The fourth-order valence-corrected chi connectivity index (χ4v) is 2.73. The fraction of sp³-hybridized carbons (Fsp3) is 0.357. The maximum absolute atomic E-state index is 12.5. The molecule has 4 rings (SSSR count). The molecule has 0 spiro atoms. The number of ether oxygens (including phenoxy) is 2. The van der Waals surface area contributed by atoms with E-state index in [0.717, 1.165) is 6.42 Å². The second-order valence-electron chi connectivity index (χ2n) is 5.09. The van der Waals surface area contributed by atoms with Crippen LogP contribution < -0.4 is 9.47 Å². The molecule has 1 saturated heterocycles. The van der Waals surface area contributed by atoms with E-state index in [1.54, 1.807) is 23.1 Å². The van der Waals surface area contributed by atoms with Crippen LogP contribution in [0.5, 0.6) is 11.5 Å². The lowest BCUT2D eigenvalue weighted by Gasteiger charge is -2.16. The summed E-state index contributed by atoms with van der Waals surface area (Å²) in [6.45, 7) is 1.50. The number of rotatable bonds is 2. The Kier molecular flexibility index (Phi) is 2.77. The minimum absolute atomic E-state index is 0.0145. The summed E-state index contributed by atoms with van der Waals surface area (Å²) in [5.74, 6) is 2.09. The number of amides is 1. The highest BCUT2D eigenvalue weighted by Crippen LogP contribution is 2.33. The maximum Gasteiger partial charge on any atom is 0.254 e. The van der Waals surface area contributed by atoms with Gasteiger partial charge in [0.15, 0.2) is 17.3 Å². The van der Waals surface area contributed by atoms with Crippen molar-refractivity contribution >= 4 is 5.91 Å². The Morgan fingerprint density at radius 2 is 2.19 bits per heavy atom. The number of carbonyl (C=O) groups excluding carboxylic acids is 1. The summed E-state index contributed by atoms with van der Waals surface area (Å²) in [4.78, 5) is 18.4. The quantitative estimate of drug-likeness (QED) is 0.831. The van der Waals surface area contributed by atoms with Crippen LogP contribution in [0.25, 0.3) is 0 Å². The Morgan fingerprint density at radius 3 is 3.05 bits per heavy atom. The molecule has 2 aliphatic heterocycles. The molecule has 1 aromatic heterocycles. The van der Waals surface area contributed by atoms with E-state index in [1.165, 1.54) is 6.39 Å². The summed E-state index contributed by atoms with van der Waals surface area (Å²) in [5, 5.41) is 3.85. The summed E-state index contributed by atoms with van der Waals surface area (Å²) < 4.78 is 15.3. The van der Waals surface area contributed by atoms with E-state index >= 15 is 0 Å². The molecule has 7 heteroatoms. The van der Waals surface area contributed by atoms with Gasteiger partial charge in [0.1, 0.15) is 0 Å². The van der Waals surface area contributed by atoms with E-state index in [-0.39, 0.29) is 18.6 Å². The average molecular weight is 287 g/mol. The summed E-state index contributed by atoms with van der Waals surface area (Å²) in [5.41, 5.74) is 0.605. The predicted molar refractivity (Wildman–Crippen MR) is 70.1 cm³/mol. The van der Waals surface area contributed by atoms with Gasteiger partial charge in [-0.1, -0.05) is 5.16 Å². The van der Waals surface area contributed by atoms with Gasteiger partial charge in [-0.15, -0.1) is 0 Å². The van der Waals surface area contributed by atoms with E-state index in [0.29, 0.717) is 36.0 Å². The van der Waals surface area contributed by atoms with Gasteiger partial charge < -0.3 is 18.9 Å². The third-order valence-electron chi connectivity index (χ3n) is 3.84. The molecule has 0 radical (unpaired) electrons. The molecule has 108 valence electrons. The van der Waals surface area contributed by atoms with Gasteiger partial charge in [-0.3, -0.25) is 4.79 Å². The lowest BCUT2D eigenvalue weighted by molar-refractivity contribution is 0.0790. The van der Waals surface area contributed by atoms with Crippen LogP contribution in [0.1, 0.15) is 28.5 Å². The van der Waals surface area contributed by atoms with Crippen LogP contribution in [0.2, 0.25) is 0 Å². The molecule has 1 amide bonds. The monoisotopic (exact) mass is 287 g/mol. The van der Waals surface area contributed by atoms with Crippen molar-refractivity contribution in [2.24, 2.45) is 0 Å². The normalized spacial score (nSPS) is 20.0. The summed E-state index contributed by atoms with van der Waals surface area (Å²) in [6.07, 6.45) is 2.16. The number of hydrogen-bond acceptors (Lipinski definition) is 6. The molecular formula is C14H13N3O4. The van der Waals surface area contributed by atoms with E-state index in [4.69, 9.17) is 14.0 Å². The standard InChI is InChI=1S/C14H13N3O4/c18-14(9-1-2-11-12(5-9)20-8-19-11)17-4-3-10(6-17)13-15-7-21-16-13/h1-2,5,7,10H,3-4,6,8H2. The number of hydrogen-bond donors (Lipinski definition) is 0. The predicted octanol–water partition coefficient (Wildman–Crippen LogP) is 1.43. The number of nitrogens with zero attached hydrogens (tertiary/aromatic N) is 3. The number of fused-ring (bicyclic) bond motifs is 1. The maximum atomic E-state index is 12.5. The summed E-state index contributed by atoms with van der Waals surface area (Å²) in [7, 11) is 0. The molecule has 7 nitrogen and oxygen atoms in total. The van der Waals surface area contributed by atoms with Gasteiger partial charge in [-0.05, 0) is 24.6 Å². The number of benzene rings is 1. The molecule has 0 aliphatic carbocycles. The van der Waals surface area contributed by atoms with Gasteiger partial charge in [0, 0.05) is 24.6 Å². The van der Waals surface area contributed by atoms with E-state index in [1.807, 2.05) is 0 Å². The van der Waals surface area contributed by atoms with Gasteiger partial charge in [-0.2, -0.15) is 4.98 Å². The molecule has 21 heavy (non-hydrogen) atoms. The highest BCUT2D eigenvalue weighted by molar-refractivity contribution is 5.95. The number of aromatic nitrogens is 2. The van der Waals surface area contributed by atoms with Gasteiger partial charge in [0.2, 0.25) is 13.2 Å². The zero-order valence-corrected chi connectivity index (χ0v) is 11.2. The van der Waals surface area contributed by atoms with Crippen LogP contribution in [-0.2, 0) is 0 Å². The van der Waals surface area contributed by atoms with Crippen molar-refractivity contribution in [1.82, 2.24) is 15.0 Å². The first-order valence-electron chi connectivity index (χ1n) is 6.76. The van der Waals surface area contributed by atoms with Crippen molar-refractivity contribution in [3.8, 4) is 11.5 Å². The first kappa shape index (κ1) is 12.2. The van der Waals surface area contributed by atoms with Crippen molar-refractivity contribution in [3.05, 3.63) is 36.0 Å². The smallest absolute Gasteiger partial charge is 0.254 e. The first-order chi connectivity index (χ1) is 10.3. The molecule has 0 saturated carbocycles. The Bertz CT molecular complexity index is 671. The van der Waals surface area contributed by atoms with Crippen LogP contribution in [0, 0.1) is 0 Å². The van der Waals surface area contributed by atoms with Crippen LogP contribution in [0.15, 0.2) is 29.1 Å². The van der Waals surface area contributed by atoms with Crippen molar-refractivity contribution in [2.75, 3.05) is 19.9 Å². The minimum atomic E-state index is -0.0145. The number of carbonyl (C=O) groups is 1. The average Bonchev–Trinajstić information content (AvgIpc) is 3.24. The summed E-state index contributed by atoms with van der Waals surface area (Å²) >= 11 is 0. The molecule has 1 fully saturated rings. The van der Waals surface area contributed by atoms with Crippen LogP contribution in [-0.4, -0.2) is 40.8 Å². The van der Waals surface area contributed by atoms with Crippen LogP contribution in [0.3, 0.4) is 0 Å². The third kappa shape index (κ3) is 2.10. The topological polar surface area (TPSA) is 77.7 Å². The summed E-state index contributed by atoms with van der Waals surface area (Å²) in [6, 6.07) is 5.26. The van der Waals surface area contributed by atoms with E-state index in [2.05, 4.69) is 10.1 Å². The van der Waals surface area contributed by atoms with Gasteiger partial charge in [0.05, 0.1) is 0 Å². The van der Waals surface area contributed by atoms with Crippen LogP contribution >= 0.6 is 0 Å². The van der Waals surface area contributed by atoms with Crippen LogP contribution in [0.4, 0.5) is 0 Å². The molecule has 1 unspecified atom stereocenters. The van der Waals surface area contributed by atoms with Crippen molar-refractivity contribution in [1.29, 1.82) is 0 Å². The lowest BCUT2D eigenvalue weighted by Crippen LogP contribution is -2.28. The molecule has 2 aromatic rings. The van der Waals surface area contributed by atoms with Gasteiger partial charge in [-0.25, -0.2) is 0 Å². The van der Waals surface area contributed by atoms with Gasteiger partial charge >= 0.3 is 0 Å². The van der Waals surface area contributed by atoms with Gasteiger partial charge in [0.25, 0.3) is 5.91 Å². The molecule has 1 atom stereocenters. The van der Waals surface area contributed by atoms with Crippen molar-refractivity contribution in [3.63, 3.8) is 0 Å².